The van der Waals surface area contributed by atoms with Crippen LogP contribution in [0.15, 0.2) is 53.6 Å². The second-order valence-corrected chi connectivity index (χ2v) is 6.93. The van der Waals surface area contributed by atoms with Crippen molar-refractivity contribution in [2.75, 3.05) is 36.0 Å². The van der Waals surface area contributed by atoms with Crippen LogP contribution in [0.5, 0.6) is 0 Å². The van der Waals surface area contributed by atoms with E-state index in [1.54, 1.807) is 0 Å². The van der Waals surface area contributed by atoms with Gasteiger partial charge >= 0.3 is 0 Å². The molecule has 0 saturated carbocycles. The smallest absolute Gasteiger partial charge is 0.0745 e. The summed E-state index contributed by atoms with van der Waals surface area (Å²) in [6.07, 6.45) is 0.926. The molecule has 0 aromatic heterocycles. The molecular weight excluding hydrogens is 332 g/mol. The van der Waals surface area contributed by atoms with Crippen LogP contribution >= 0.6 is 0 Å². The Hall–Kier alpha value is -2.49. The molecule has 0 saturated heterocycles. The average Bonchev–Trinajstić information content (AvgIpc) is 3.21. The van der Waals surface area contributed by atoms with Crippen LogP contribution in [0.1, 0.15) is 51.3 Å². The molecule has 0 radical (unpaired) electrons. The standard InChI is InChI=1S/C23H32N4/c1-5-26(6-2)20-13-9-18(10-14-20)22-17-23(25-24-22)19-11-15-21(16-12-19)27(7-3)8-4/h9-16,22,24H,5-8,17H2,1-4H3. The van der Waals surface area contributed by atoms with Crippen LogP contribution < -0.4 is 15.2 Å². The van der Waals surface area contributed by atoms with Crippen molar-refractivity contribution in [3.63, 3.8) is 0 Å². The lowest BCUT2D eigenvalue weighted by atomic mass is 9.98. The normalized spacial score (nSPS) is 16.0. The zero-order chi connectivity index (χ0) is 19.2. The number of nitrogens with one attached hydrogen (secondary N) is 1. The Balaban J connectivity index is 1.66. The molecule has 1 atom stereocenters. The summed E-state index contributed by atoms with van der Waals surface area (Å²) in [5.74, 6) is 0. The molecule has 2 aromatic rings. The molecule has 0 fully saturated rings. The maximum absolute atomic E-state index is 4.61. The number of anilines is 2. The van der Waals surface area contributed by atoms with Crippen molar-refractivity contribution in [3.05, 3.63) is 59.7 Å². The number of nitrogens with zero attached hydrogens (tertiary/aromatic N) is 3. The summed E-state index contributed by atoms with van der Waals surface area (Å²) in [4.78, 5) is 4.73. The van der Waals surface area contributed by atoms with Crippen LogP contribution in [0.4, 0.5) is 11.4 Å². The summed E-state index contributed by atoms with van der Waals surface area (Å²) in [7, 11) is 0. The Morgan fingerprint density at radius 1 is 0.778 bits per heavy atom. The molecule has 0 aliphatic carbocycles. The molecule has 1 aliphatic rings. The molecule has 4 heteroatoms. The van der Waals surface area contributed by atoms with Gasteiger partial charge in [0.25, 0.3) is 0 Å². The second-order valence-electron chi connectivity index (χ2n) is 6.93. The Morgan fingerprint density at radius 3 is 1.74 bits per heavy atom. The van der Waals surface area contributed by atoms with E-state index in [9.17, 15) is 0 Å². The molecule has 3 rings (SSSR count). The SMILES string of the molecule is CCN(CC)c1ccc(C2=NNC(c3ccc(N(CC)CC)cc3)C2)cc1. The lowest BCUT2D eigenvalue weighted by Crippen LogP contribution is -2.21. The van der Waals surface area contributed by atoms with E-state index in [0.717, 1.165) is 38.3 Å². The summed E-state index contributed by atoms with van der Waals surface area (Å²) in [6.45, 7) is 12.9. The Morgan fingerprint density at radius 2 is 1.26 bits per heavy atom. The first-order valence-corrected chi connectivity index (χ1v) is 10.2. The Kier molecular flexibility index (Phi) is 6.38. The maximum Gasteiger partial charge on any atom is 0.0745 e. The third kappa shape index (κ3) is 4.26. The van der Waals surface area contributed by atoms with Gasteiger partial charge in [-0.1, -0.05) is 24.3 Å². The van der Waals surface area contributed by atoms with Gasteiger partial charge in [-0.2, -0.15) is 5.10 Å². The second kappa shape index (κ2) is 8.94. The molecule has 1 heterocycles. The average molecular weight is 365 g/mol. The van der Waals surface area contributed by atoms with Crippen molar-refractivity contribution in [2.45, 2.75) is 40.2 Å². The third-order valence-corrected chi connectivity index (χ3v) is 5.51. The highest BCUT2D eigenvalue weighted by Crippen LogP contribution is 2.27. The molecule has 1 aliphatic heterocycles. The van der Waals surface area contributed by atoms with Crippen molar-refractivity contribution >= 4 is 17.1 Å². The van der Waals surface area contributed by atoms with E-state index in [4.69, 9.17) is 0 Å². The van der Waals surface area contributed by atoms with Crippen molar-refractivity contribution in [2.24, 2.45) is 5.10 Å². The lowest BCUT2D eigenvalue weighted by molar-refractivity contribution is 0.620. The third-order valence-electron chi connectivity index (χ3n) is 5.51. The number of hydrogen-bond acceptors (Lipinski definition) is 4. The van der Waals surface area contributed by atoms with Crippen molar-refractivity contribution in [1.82, 2.24) is 5.43 Å². The van der Waals surface area contributed by atoms with Crippen LogP contribution in [0.2, 0.25) is 0 Å². The van der Waals surface area contributed by atoms with Gasteiger partial charge in [0.15, 0.2) is 0 Å². The van der Waals surface area contributed by atoms with Crippen LogP contribution in [0.3, 0.4) is 0 Å². The van der Waals surface area contributed by atoms with E-state index in [1.165, 1.54) is 22.5 Å². The Labute approximate surface area is 163 Å². The van der Waals surface area contributed by atoms with Gasteiger partial charge in [-0.3, -0.25) is 0 Å². The molecule has 27 heavy (non-hydrogen) atoms. The molecule has 1 N–H and O–H groups in total. The van der Waals surface area contributed by atoms with Gasteiger partial charge in [0.2, 0.25) is 0 Å². The molecular formula is C23H32N4. The first kappa shape index (κ1) is 19.3. The van der Waals surface area contributed by atoms with Gasteiger partial charge in [0.05, 0.1) is 11.8 Å². The predicted molar refractivity (Wildman–Crippen MR) is 117 cm³/mol. The highest BCUT2D eigenvalue weighted by atomic mass is 15.3. The fourth-order valence-corrected chi connectivity index (χ4v) is 3.77. The van der Waals surface area contributed by atoms with Crippen molar-refractivity contribution in [1.29, 1.82) is 0 Å². The van der Waals surface area contributed by atoms with E-state index < -0.39 is 0 Å². The van der Waals surface area contributed by atoms with Crippen molar-refractivity contribution in [3.8, 4) is 0 Å². The number of rotatable bonds is 8. The van der Waals surface area contributed by atoms with Gasteiger partial charge in [-0.25, -0.2) is 0 Å². The highest BCUT2D eigenvalue weighted by Gasteiger charge is 2.21. The lowest BCUT2D eigenvalue weighted by Gasteiger charge is -2.21. The van der Waals surface area contributed by atoms with E-state index in [1.807, 2.05) is 0 Å². The first-order valence-electron chi connectivity index (χ1n) is 10.2. The van der Waals surface area contributed by atoms with Gasteiger partial charge in [-0.15, -0.1) is 0 Å². The summed E-state index contributed by atoms with van der Waals surface area (Å²) in [6, 6.07) is 18.0. The van der Waals surface area contributed by atoms with Crippen LogP contribution in [0, 0.1) is 0 Å². The minimum Gasteiger partial charge on any atom is -0.372 e. The summed E-state index contributed by atoms with van der Waals surface area (Å²) < 4.78 is 0. The Bertz CT molecular complexity index is 741. The largest absolute Gasteiger partial charge is 0.372 e. The highest BCUT2D eigenvalue weighted by molar-refractivity contribution is 6.02. The fourth-order valence-electron chi connectivity index (χ4n) is 3.77. The minimum atomic E-state index is 0.258. The molecule has 0 amide bonds. The monoisotopic (exact) mass is 364 g/mol. The van der Waals surface area contributed by atoms with Crippen LogP contribution in [-0.2, 0) is 0 Å². The topological polar surface area (TPSA) is 30.9 Å². The van der Waals surface area contributed by atoms with Gasteiger partial charge in [-0.05, 0) is 63.1 Å². The maximum atomic E-state index is 4.61. The van der Waals surface area contributed by atoms with Crippen LogP contribution in [0.25, 0.3) is 0 Å². The zero-order valence-corrected chi connectivity index (χ0v) is 17.1. The summed E-state index contributed by atoms with van der Waals surface area (Å²) in [5, 5.41) is 4.61. The first-order chi connectivity index (χ1) is 13.2. The number of benzene rings is 2. The van der Waals surface area contributed by atoms with Gasteiger partial charge in [0.1, 0.15) is 0 Å². The van der Waals surface area contributed by atoms with E-state index in [2.05, 4.69) is 96.6 Å². The predicted octanol–water partition coefficient (Wildman–Crippen LogP) is 4.82. The molecule has 1 unspecified atom stereocenters. The number of hydrogen-bond donors (Lipinski definition) is 1. The quantitative estimate of drug-likeness (QED) is 0.729. The molecule has 144 valence electrons. The molecule has 0 spiro atoms. The van der Waals surface area contributed by atoms with E-state index in [-0.39, 0.29) is 6.04 Å². The summed E-state index contributed by atoms with van der Waals surface area (Å²) in [5.41, 5.74) is 9.53. The van der Waals surface area contributed by atoms with Crippen molar-refractivity contribution < 1.29 is 0 Å². The molecule has 4 nitrogen and oxygen atoms in total. The molecule has 0 bridgehead atoms. The fraction of sp³-hybridized carbons (Fsp3) is 0.435. The molecule has 2 aromatic carbocycles. The van der Waals surface area contributed by atoms with Crippen LogP contribution in [-0.4, -0.2) is 31.9 Å². The minimum absolute atomic E-state index is 0.258. The van der Waals surface area contributed by atoms with E-state index in [0.29, 0.717) is 0 Å². The number of hydrazone groups is 1. The van der Waals surface area contributed by atoms with E-state index >= 15 is 0 Å². The van der Waals surface area contributed by atoms with Gasteiger partial charge in [0, 0.05) is 44.0 Å². The van der Waals surface area contributed by atoms with Gasteiger partial charge < -0.3 is 15.2 Å². The zero-order valence-electron chi connectivity index (χ0n) is 17.1. The summed E-state index contributed by atoms with van der Waals surface area (Å²) >= 11 is 0.